The molecule has 2 heterocycles. The predicted octanol–water partition coefficient (Wildman–Crippen LogP) is 4.80. The molecule has 0 fully saturated rings. The minimum Gasteiger partial charge on any atom is -0.310 e. The van der Waals surface area contributed by atoms with Gasteiger partial charge in [0.25, 0.3) is 0 Å². The molecule has 0 saturated carbocycles. The number of thioether (sulfide) groups is 1. The Morgan fingerprint density at radius 3 is 2.62 bits per heavy atom. The number of aromatic nitrogens is 5. The summed E-state index contributed by atoms with van der Waals surface area (Å²) in [6, 6.07) is 17.7. The second-order valence-corrected chi connectivity index (χ2v) is 8.03. The average Bonchev–Trinajstić information content (AvgIpc) is 3.44. The number of hydrogen-bond donors (Lipinski definition) is 1. The Labute approximate surface area is 189 Å². The number of nitrogens with one attached hydrogen (secondary N) is 1. The first kappa shape index (κ1) is 21.8. The van der Waals surface area contributed by atoms with Gasteiger partial charge in [0.1, 0.15) is 11.6 Å². The van der Waals surface area contributed by atoms with Gasteiger partial charge >= 0.3 is 0 Å². The second-order valence-electron chi connectivity index (χ2n) is 7.09. The van der Waals surface area contributed by atoms with Gasteiger partial charge in [-0.2, -0.15) is 5.10 Å². The lowest BCUT2D eigenvalue weighted by atomic mass is 10.2. The van der Waals surface area contributed by atoms with Crippen molar-refractivity contribution in [1.82, 2.24) is 24.5 Å². The molecule has 2 aromatic heterocycles. The van der Waals surface area contributed by atoms with Crippen molar-refractivity contribution in [3.05, 3.63) is 72.7 Å². The van der Waals surface area contributed by atoms with Gasteiger partial charge in [-0.15, -0.1) is 10.2 Å². The first-order chi connectivity index (χ1) is 15.7. The SMILES string of the molecule is CCCCn1nccc1NC(=O)CSc1nnc(-c2ccccc2F)n1-c1ccccc1. The Balaban J connectivity index is 1.55. The van der Waals surface area contributed by atoms with E-state index in [-0.39, 0.29) is 17.5 Å². The fourth-order valence-electron chi connectivity index (χ4n) is 3.22. The van der Waals surface area contributed by atoms with E-state index in [9.17, 15) is 9.18 Å². The van der Waals surface area contributed by atoms with E-state index in [0.29, 0.717) is 22.4 Å². The highest BCUT2D eigenvalue weighted by atomic mass is 32.2. The molecule has 164 valence electrons. The predicted molar refractivity (Wildman–Crippen MR) is 123 cm³/mol. The van der Waals surface area contributed by atoms with Crippen LogP contribution in [0.3, 0.4) is 0 Å². The zero-order chi connectivity index (χ0) is 22.3. The Morgan fingerprint density at radius 2 is 1.84 bits per heavy atom. The molecule has 0 bridgehead atoms. The Kier molecular flexibility index (Phi) is 6.96. The van der Waals surface area contributed by atoms with E-state index in [1.807, 2.05) is 30.3 Å². The quantitative estimate of drug-likeness (QED) is 0.371. The van der Waals surface area contributed by atoms with Crippen LogP contribution in [-0.4, -0.2) is 36.2 Å². The van der Waals surface area contributed by atoms with Crippen LogP contribution in [0, 0.1) is 5.82 Å². The number of unbranched alkanes of at least 4 members (excludes halogenated alkanes) is 1. The summed E-state index contributed by atoms with van der Waals surface area (Å²) in [5.41, 5.74) is 1.14. The Morgan fingerprint density at radius 1 is 1.06 bits per heavy atom. The van der Waals surface area contributed by atoms with Crippen molar-refractivity contribution in [2.75, 3.05) is 11.1 Å². The molecule has 0 aliphatic carbocycles. The number of amides is 1. The summed E-state index contributed by atoms with van der Waals surface area (Å²) in [5.74, 6) is 0.617. The zero-order valence-corrected chi connectivity index (χ0v) is 18.4. The van der Waals surface area contributed by atoms with Gasteiger partial charge in [-0.1, -0.05) is 55.4 Å². The molecular formula is C23H23FN6OS. The van der Waals surface area contributed by atoms with Crippen LogP contribution in [0.1, 0.15) is 19.8 Å². The third-order valence-electron chi connectivity index (χ3n) is 4.80. The maximum absolute atomic E-state index is 14.5. The Bertz CT molecular complexity index is 1190. The largest absolute Gasteiger partial charge is 0.310 e. The normalized spacial score (nSPS) is 10.9. The van der Waals surface area contributed by atoms with E-state index >= 15 is 0 Å². The summed E-state index contributed by atoms with van der Waals surface area (Å²) in [7, 11) is 0. The molecule has 32 heavy (non-hydrogen) atoms. The molecule has 1 amide bonds. The number of rotatable bonds is 9. The molecule has 0 atom stereocenters. The van der Waals surface area contributed by atoms with Crippen molar-refractivity contribution < 1.29 is 9.18 Å². The van der Waals surface area contributed by atoms with Gasteiger partial charge in [0.2, 0.25) is 5.91 Å². The molecule has 0 aliphatic rings. The third kappa shape index (κ3) is 4.88. The standard InChI is InChI=1S/C23H23FN6OS/c1-2-3-15-29-20(13-14-25-29)26-21(31)16-32-23-28-27-22(18-11-7-8-12-19(18)24)30(23)17-9-5-4-6-10-17/h4-14H,2-3,15-16H2,1H3,(H,26,31). The number of halogens is 1. The highest BCUT2D eigenvalue weighted by Crippen LogP contribution is 2.29. The summed E-state index contributed by atoms with van der Waals surface area (Å²) in [6.07, 6.45) is 3.70. The van der Waals surface area contributed by atoms with Gasteiger partial charge in [-0.05, 0) is 30.7 Å². The molecule has 0 aliphatic heterocycles. The number of aryl methyl sites for hydroxylation is 1. The minimum atomic E-state index is -0.383. The lowest BCUT2D eigenvalue weighted by Gasteiger charge is -2.11. The van der Waals surface area contributed by atoms with E-state index in [4.69, 9.17) is 0 Å². The van der Waals surface area contributed by atoms with E-state index in [2.05, 4.69) is 27.5 Å². The van der Waals surface area contributed by atoms with Gasteiger partial charge in [-0.25, -0.2) is 9.07 Å². The van der Waals surface area contributed by atoms with Crippen LogP contribution in [-0.2, 0) is 11.3 Å². The van der Waals surface area contributed by atoms with E-state index in [1.54, 1.807) is 39.7 Å². The molecule has 2 aromatic carbocycles. The number of carbonyl (C=O) groups is 1. The smallest absolute Gasteiger partial charge is 0.235 e. The molecule has 0 saturated heterocycles. The van der Waals surface area contributed by atoms with Gasteiger partial charge in [0.15, 0.2) is 11.0 Å². The van der Waals surface area contributed by atoms with Crippen molar-refractivity contribution in [1.29, 1.82) is 0 Å². The highest BCUT2D eigenvalue weighted by Gasteiger charge is 2.19. The molecule has 7 nitrogen and oxygen atoms in total. The molecular weight excluding hydrogens is 427 g/mol. The average molecular weight is 451 g/mol. The molecule has 4 aromatic rings. The number of hydrogen-bond acceptors (Lipinski definition) is 5. The fraction of sp³-hybridized carbons (Fsp3) is 0.217. The molecule has 9 heteroatoms. The van der Waals surface area contributed by atoms with Crippen LogP contribution in [0.4, 0.5) is 10.2 Å². The second kappa shape index (κ2) is 10.2. The molecule has 1 N–H and O–H groups in total. The maximum Gasteiger partial charge on any atom is 0.235 e. The minimum absolute atomic E-state index is 0.126. The lowest BCUT2D eigenvalue weighted by molar-refractivity contribution is -0.113. The number of benzene rings is 2. The first-order valence-corrected chi connectivity index (χ1v) is 11.4. The zero-order valence-electron chi connectivity index (χ0n) is 17.6. The fourth-order valence-corrected chi connectivity index (χ4v) is 3.98. The van der Waals surface area contributed by atoms with E-state index < -0.39 is 0 Å². The summed E-state index contributed by atoms with van der Waals surface area (Å²) >= 11 is 1.24. The first-order valence-electron chi connectivity index (χ1n) is 10.4. The third-order valence-corrected chi connectivity index (χ3v) is 5.73. The van der Waals surface area contributed by atoms with Crippen LogP contribution in [0.2, 0.25) is 0 Å². The maximum atomic E-state index is 14.5. The van der Waals surface area contributed by atoms with Gasteiger partial charge < -0.3 is 5.32 Å². The van der Waals surface area contributed by atoms with Crippen molar-refractivity contribution >= 4 is 23.5 Å². The molecule has 0 radical (unpaired) electrons. The number of carbonyl (C=O) groups excluding carboxylic acids is 1. The van der Waals surface area contributed by atoms with Gasteiger partial charge in [0.05, 0.1) is 17.5 Å². The monoisotopic (exact) mass is 450 g/mol. The van der Waals surface area contributed by atoms with Gasteiger partial charge in [-0.3, -0.25) is 9.36 Å². The van der Waals surface area contributed by atoms with Crippen LogP contribution in [0.15, 0.2) is 72.0 Å². The summed E-state index contributed by atoms with van der Waals surface area (Å²) in [6.45, 7) is 2.86. The van der Waals surface area contributed by atoms with Crippen molar-refractivity contribution in [2.45, 2.75) is 31.5 Å². The topological polar surface area (TPSA) is 77.6 Å². The van der Waals surface area contributed by atoms with Crippen molar-refractivity contribution in [3.63, 3.8) is 0 Å². The Hall–Kier alpha value is -3.46. The molecule has 0 spiro atoms. The molecule has 4 rings (SSSR count). The molecule has 0 unspecified atom stereocenters. The van der Waals surface area contributed by atoms with Gasteiger partial charge in [0, 0.05) is 18.3 Å². The van der Waals surface area contributed by atoms with Crippen LogP contribution < -0.4 is 5.32 Å². The van der Waals surface area contributed by atoms with Crippen molar-refractivity contribution in [3.8, 4) is 17.1 Å². The number of nitrogens with zero attached hydrogens (tertiary/aromatic N) is 5. The number of anilines is 1. The van der Waals surface area contributed by atoms with Crippen LogP contribution >= 0.6 is 11.8 Å². The lowest BCUT2D eigenvalue weighted by Crippen LogP contribution is -2.18. The highest BCUT2D eigenvalue weighted by molar-refractivity contribution is 7.99. The number of para-hydroxylation sites is 1. The van der Waals surface area contributed by atoms with Crippen LogP contribution in [0.25, 0.3) is 17.1 Å². The summed E-state index contributed by atoms with van der Waals surface area (Å²) in [4.78, 5) is 12.6. The van der Waals surface area contributed by atoms with Crippen LogP contribution in [0.5, 0.6) is 0 Å². The summed E-state index contributed by atoms with van der Waals surface area (Å²) < 4.78 is 18.0. The van der Waals surface area contributed by atoms with E-state index in [1.165, 1.54) is 17.8 Å². The summed E-state index contributed by atoms with van der Waals surface area (Å²) in [5, 5.41) is 16.1. The van der Waals surface area contributed by atoms with E-state index in [0.717, 1.165) is 25.1 Å². The van der Waals surface area contributed by atoms with Crippen molar-refractivity contribution in [2.24, 2.45) is 0 Å².